The summed E-state index contributed by atoms with van der Waals surface area (Å²) < 4.78 is 20.0. The summed E-state index contributed by atoms with van der Waals surface area (Å²) >= 11 is 0.930. The van der Waals surface area contributed by atoms with E-state index >= 15 is 0 Å². The quantitative estimate of drug-likeness (QED) is 0.400. The molecule has 2 aromatic heterocycles. The molecule has 0 radical (unpaired) electrons. The number of hydrogen-bond acceptors (Lipinski definition) is 7. The van der Waals surface area contributed by atoms with E-state index in [-0.39, 0.29) is 30.1 Å². The second kappa shape index (κ2) is 7.65. The van der Waals surface area contributed by atoms with E-state index in [2.05, 4.69) is 5.32 Å². The average Bonchev–Trinajstić information content (AvgIpc) is 3.18. The van der Waals surface area contributed by atoms with Crippen molar-refractivity contribution in [2.75, 3.05) is 5.32 Å². The van der Waals surface area contributed by atoms with Crippen molar-refractivity contribution in [3.05, 3.63) is 50.6 Å². The lowest BCUT2D eigenvalue weighted by molar-refractivity contribution is -0.147. The van der Waals surface area contributed by atoms with Gasteiger partial charge in [-0.3, -0.25) is 9.59 Å². The number of nitrogens with zero attached hydrogens (tertiary/aromatic N) is 1. The van der Waals surface area contributed by atoms with E-state index in [1.807, 2.05) is 0 Å². The summed E-state index contributed by atoms with van der Waals surface area (Å²) in [5, 5.41) is 20.7. The molecule has 0 spiro atoms. The molecule has 0 fully saturated rings. The maximum absolute atomic E-state index is 12.7. The number of amides is 1. The third-order valence-corrected chi connectivity index (χ3v) is 7.28. The van der Waals surface area contributed by atoms with Crippen LogP contribution in [0.15, 0.2) is 29.1 Å². The lowest BCUT2D eigenvalue weighted by Crippen LogP contribution is -2.30. The lowest BCUT2D eigenvalue weighted by Gasteiger charge is -2.22. The Morgan fingerprint density at radius 2 is 2.03 bits per heavy atom. The fourth-order valence-corrected chi connectivity index (χ4v) is 5.84. The molecule has 0 saturated heterocycles. The van der Waals surface area contributed by atoms with Gasteiger partial charge in [-0.2, -0.15) is 0 Å². The molecule has 30 heavy (non-hydrogen) atoms. The SMILES string of the molecule is O=C(O)C(=O)Nc1sc2c(c1C(=O)O)CC(Cn1c(=O)c3ccccc3[s+]1[O-])OC2. The predicted octanol–water partition coefficient (Wildman–Crippen LogP) is 1.65. The molecule has 12 heteroatoms. The first-order chi connectivity index (χ1) is 14.3. The summed E-state index contributed by atoms with van der Waals surface area (Å²) in [6.07, 6.45) is -0.510. The highest BCUT2D eigenvalue weighted by Crippen LogP contribution is 2.38. The third kappa shape index (κ3) is 3.39. The van der Waals surface area contributed by atoms with E-state index in [0.29, 0.717) is 20.5 Å². The van der Waals surface area contributed by atoms with Crippen LogP contribution in [0.4, 0.5) is 5.00 Å². The van der Waals surface area contributed by atoms with Crippen LogP contribution in [0.3, 0.4) is 0 Å². The van der Waals surface area contributed by atoms with Crippen LogP contribution in [0.5, 0.6) is 0 Å². The standard InChI is InChI=1S/C18H14N2O8S2/c21-14(18(25)26)19-15-13(17(23)24)10-5-8(28-7-11(10)29-15)6-20-16(22)9-3-1-2-4-12(9)30(20)27/h1-4,8H,5-7H2,(H,19,21)(H,23,24)(H,25,26). The minimum atomic E-state index is -1.73. The highest BCUT2D eigenvalue weighted by Gasteiger charge is 2.32. The van der Waals surface area contributed by atoms with Gasteiger partial charge in [0, 0.05) is 28.3 Å². The number of carboxylic acid groups (broad SMARTS) is 2. The number of anilines is 1. The average molecular weight is 450 g/mol. The molecule has 1 aromatic carbocycles. The second-order valence-electron chi connectivity index (χ2n) is 6.52. The van der Waals surface area contributed by atoms with Gasteiger partial charge in [-0.05, 0) is 11.6 Å². The maximum atomic E-state index is 12.7. The van der Waals surface area contributed by atoms with Crippen molar-refractivity contribution in [1.82, 2.24) is 3.96 Å². The Bertz CT molecular complexity index is 1260. The predicted molar refractivity (Wildman–Crippen MR) is 107 cm³/mol. The van der Waals surface area contributed by atoms with Crippen LogP contribution >= 0.6 is 22.3 Å². The van der Waals surface area contributed by atoms with E-state index in [0.717, 1.165) is 11.3 Å². The normalized spacial score (nSPS) is 16.3. The van der Waals surface area contributed by atoms with Gasteiger partial charge < -0.3 is 24.8 Å². The van der Waals surface area contributed by atoms with Gasteiger partial charge in [0.05, 0.1) is 24.8 Å². The topological polar surface area (TPSA) is 158 Å². The molecular weight excluding hydrogens is 436 g/mol. The van der Waals surface area contributed by atoms with E-state index < -0.39 is 40.5 Å². The van der Waals surface area contributed by atoms with Crippen LogP contribution in [0.25, 0.3) is 10.1 Å². The Hall–Kier alpha value is -3.06. The van der Waals surface area contributed by atoms with Crippen molar-refractivity contribution >= 4 is 55.2 Å². The molecule has 4 rings (SSSR count). The lowest BCUT2D eigenvalue weighted by atomic mass is 10.0. The maximum Gasteiger partial charge on any atom is 0.394 e. The minimum absolute atomic E-state index is 0.00864. The van der Waals surface area contributed by atoms with Gasteiger partial charge in [-0.15, -0.1) is 15.3 Å². The van der Waals surface area contributed by atoms with Gasteiger partial charge in [0.1, 0.15) is 10.4 Å². The third-order valence-electron chi connectivity index (χ3n) is 4.71. The smallest absolute Gasteiger partial charge is 0.394 e. The Morgan fingerprint density at radius 3 is 2.70 bits per heavy atom. The number of carbonyl (C=O) groups excluding carboxylic acids is 1. The van der Waals surface area contributed by atoms with Crippen molar-refractivity contribution in [2.45, 2.75) is 25.7 Å². The number of hydrogen-bond donors (Lipinski definition) is 3. The summed E-state index contributed by atoms with van der Waals surface area (Å²) in [5.74, 6) is -4.40. The van der Waals surface area contributed by atoms with Crippen molar-refractivity contribution < 1.29 is 33.9 Å². The molecule has 10 nitrogen and oxygen atoms in total. The molecule has 3 N–H and O–H groups in total. The number of aromatic carboxylic acids is 1. The zero-order chi connectivity index (χ0) is 21.6. The number of aliphatic carboxylic acids is 1. The summed E-state index contributed by atoms with van der Waals surface area (Å²) in [7, 11) is -1.68. The molecule has 3 aromatic rings. The van der Waals surface area contributed by atoms with E-state index in [4.69, 9.17) is 9.84 Å². The van der Waals surface area contributed by atoms with Gasteiger partial charge in [0.15, 0.2) is 0 Å². The molecule has 0 aliphatic carbocycles. The summed E-state index contributed by atoms with van der Waals surface area (Å²) in [5.41, 5.74) is -0.189. The van der Waals surface area contributed by atoms with Gasteiger partial charge in [0.2, 0.25) is 4.70 Å². The second-order valence-corrected chi connectivity index (χ2v) is 9.01. The first-order valence-corrected chi connectivity index (χ1v) is 10.6. The van der Waals surface area contributed by atoms with Crippen LogP contribution in [0.1, 0.15) is 20.8 Å². The molecule has 156 valence electrons. The monoisotopic (exact) mass is 450 g/mol. The van der Waals surface area contributed by atoms with Gasteiger partial charge in [0.25, 0.3) is 0 Å². The molecule has 2 unspecified atom stereocenters. The Morgan fingerprint density at radius 1 is 1.30 bits per heavy atom. The number of thiophene rings is 1. The Labute approximate surface area is 174 Å². The molecular formula is C18H14N2O8S2. The van der Waals surface area contributed by atoms with Gasteiger partial charge in [-0.25, -0.2) is 9.59 Å². The summed E-state index contributed by atoms with van der Waals surface area (Å²) in [4.78, 5) is 47.1. The van der Waals surface area contributed by atoms with Crippen LogP contribution in [-0.4, -0.2) is 42.7 Å². The van der Waals surface area contributed by atoms with Crippen molar-refractivity contribution in [3.63, 3.8) is 0 Å². The van der Waals surface area contributed by atoms with Crippen molar-refractivity contribution in [1.29, 1.82) is 0 Å². The van der Waals surface area contributed by atoms with Crippen LogP contribution in [0.2, 0.25) is 0 Å². The first-order valence-electron chi connectivity index (χ1n) is 8.64. The highest BCUT2D eigenvalue weighted by molar-refractivity contribution is 7.26. The molecule has 1 aliphatic heterocycles. The number of carbonyl (C=O) groups is 3. The molecule has 1 aliphatic rings. The minimum Gasteiger partial charge on any atom is -0.570 e. The number of aromatic nitrogens is 1. The highest BCUT2D eigenvalue weighted by atomic mass is 32.2. The number of carboxylic acids is 2. The number of nitrogens with one attached hydrogen (secondary N) is 1. The Kier molecular flexibility index (Phi) is 5.15. The summed E-state index contributed by atoms with van der Waals surface area (Å²) in [6, 6.07) is 6.57. The van der Waals surface area contributed by atoms with E-state index in [9.17, 15) is 28.8 Å². The van der Waals surface area contributed by atoms with Crippen molar-refractivity contribution in [2.24, 2.45) is 0 Å². The molecule has 0 saturated carbocycles. The summed E-state index contributed by atoms with van der Waals surface area (Å²) in [6.45, 7) is 0.0147. The molecule has 1 amide bonds. The largest absolute Gasteiger partial charge is 0.570 e. The number of rotatable bonds is 4. The van der Waals surface area contributed by atoms with E-state index in [1.165, 1.54) is 3.96 Å². The van der Waals surface area contributed by atoms with E-state index in [1.54, 1.807) is 24.3 Å². The van der Waals surface area contributed by atoms with Crippen LogP contribution in [-0.2, 0) is 33.9 Å². The molecule has 3 heterocycles. The molecule has 2 atom stereocenters. The van der Waals surface area contributed by atoms with Crippen LogP contribution in [0, 0.1) is 0 Å². The number of benzene rings is 1. The zero-order valence-electron chi connectivity index (χ0n) is 15.1. The Balaban J connectivity index is 1.65. The van der Waals surface area contributed by atoms with Gasteiger partial charge >= 0.3 is 23.4 Å². The molecule has 0 bridgehead atoms. The first kappa shape index (κ1) is 20.2. The van der Waals surface area contributed by atoms with Crippen molar-refractivity contribution in [3.8, 4) is 0 Å². The number of fused-ring (bicyclic) bond motifs is 2. The van der Waals surface area contributed by atoms with Crippen LogP contribution < -0.4 is 10.9 Å². The fraction of sp³-hybridized carbons (Fsp3) is 0.222. The number of ether oxygens (including phenoxy) is 1. The van der Waals surface area contributed by atoms with Gasteiger partial charge in [-0.1, -0.05) is 12.1 Å². The fourth-order valence-electron chi connectivity index (χ4n) is 3.37. The zero-order valence-corrected chi connectivity index (χ0v) is 16.7.